The number of hydrogen-bond acceptors (Lipinski definition) is 2. The molecule has 1 atom stereocenters. The van der Waals surface area contributed by atoms with Crippen LogP contribution in [-0.2, 0) is 4.79 Å². The molecular formula is C12H22N2O2. The van der Waals surface area contributed by atoms with Crippen LogP contribution in [0.4, 0.5) is 4.79 Å². The SMILES string of the molecule is CCN(C)C(=O)N1CCCCC1CC(C)=O. The second-order valence-corrected chi connectivity index (χ2v) is 4.55. The second-order valence-electron chi connectivity index (χ2n) is 4.55. The van der Waals surface area contributed by atoms with Crippen LogP contribution in [0.3, 0.4) is 0 Å². The first-order valence-corrected chi connectivity index (χ1v) is 6.07. The molecule has 0 aromatic heterocycles. The van der Waals surface area contributed by atoms with Gasteiger partial charge in [0.1, 0.15) is 5.78 Å². The molecule has 1 saturated heterocycles. The number of carbonyl (C=O) groups is 2. The Labute approximate surface area is 97.6 Å². The zero-order valence-electron chi connectivity index (χ0n) is 10.5. The fourth-order valence-corrected chi connectivity index (χ4v) is 2.15. The molecule has 0 N–H and O–H groups in total. The fourth-order valence-electron chi connectivity index (χ4n) is 2.15. The van der Waals surface area contributed by atoms with Crippen LogP contribution in [-0.4, -0.2) is 47.8 Å². The van der Waals surface area contributed by atoms with Crippen LogP contribution in [0.25, 0.3) is 0 Å². The number of urea groups is 1. The number of ketones is 1. The molecule has 0 saturated carbocycles. The average molecular weight is 226 g/mol. The molecule has 4 heteroatoms. The van der Waals surface area contributed by atoms with Gasteiger partial charge in [0.15, 0.2) is 0 Å². The maximum atomic E-state index is 12.1. The van der Waals surface area contributed by atoms with E-state index in [9.17, 15) is 9.59 Å². The number of piperidine rings is 1. The third-order valence-corrected chi connectivity index (χ3v) is 3.20. The number of nitrogens with zero attached hydrogens (tertiary/aromatic N) is 2. The van der Waals surface area contributed by atoms with Gasteiger partial charge in [0.25, 0.3) is 0 Å². The van der Waals surface area contributed by atoms with Crippen LogP contribution in [0.2, 0.25) is 0 Å². The maximum Gasteiger partial charge on any atom is 0.319 e. The van der Waals surface area contributed by atoms with E-state index >= 15 is 0 Å². The van der Waals surface area contributed by atoms with Crippen molar-refractivity contribution in [3.8, 4) is 0 Å². The van der Waals surface area contributed by atoms with E-state index in [0.717, 1.165) is 25.8 Å². The highest BCUT2D eigenvalue weighted by molar-refractivity contribution is 5.78. The van der Waals surface area contributed by atoms with E-state index < -0.39 is 0 Å². The minimum atomic E-state index is 0.0634. The van der Waals surface area contributed by atoms with Crippen molar-refractivity contribution < 1.29 is 9.59 Å². The van der Waals surface area contributed by atoms with E-state index in [1.807, 2.05) is 18.9 Å². The summed E-state index contributed by atoms with van der Waals surface area (Å²) in [5.74, 6) is 0.170. The quantitative estimate of drug-likeness (QED) is 0.737. The van der Waals surface area contributed by atoms with E-state index in [1.165, 1.54) is 0 Å². The fraction of sp³-hybridized carbons (Fsp3) is 0.833. The van der Waals surface area contributed by atoms with Gasteiger partial charge in [0.05, 0.1) is 0 Å². The number of rotatable bonds is 3. The summed E-state index contributed by atoms with van der Waals surface area (Å²) < 4.78 is 0. The number of amides is 2. The predicted octanol–water partition coefficient (Wildman–Crippen LogP) is 1.89. The van der Waals surface area contributed by atoms with Crippen molar-refractivity contribution in [3.63, 3.8) is 0 Å². The lowest BCUT2D eigenvalue weighted by Gasteiger charge is -2.37. The lowest BCUT2D eigenvalue weighted by molar-refractivity contribution is -0.118. The van der Waals surface area contributed by atoms with Crippen molar-refractivity contribution >= 4 is 11.8 Å². The van der Waals surface area contributed by atoms with Crippen molar-refractivity contribution in [1.82, 2.24) is 9.80 Å². The van der Waals surface area contributed by atoms with Crippen molar-refractivity contribution in [3.05, 3.63) is 0 Å². The first kappa shape index (κ1) is 13.0. The van der Waals surface area contributed by atoms with Gasteiger partial charge in [-0.1, -0.05) is 0 Å². The molecule has 16 heavy (non-hydrogen) atoms. The highest BCUT2D eigenvalue weighted by Gasteiger charge is 2.28. The summed E-state index contributed by atoms with van der Waals surface area (Å²) in [5.41, 5.74) is 0. The molecule has 1 unspecified atom stereocenters. The van der Waals surface area contributed by atoms with Gasteiger partial charge in [-0.15, -0.1) is 0 Å². The Hall–Kier alpha value is -1.06. The molecule has 1 aliphatic heterocycles. The van der Waals surface area contributed by atoms with Gasteiger partial charge < -0.3 is 9.80 Å². The highest BCUT2D eigenvalue weighted by Crippen LogP contribution is 2.21. The molecule has 1 rings (SSSR count). The number of Topliss-reactive ketones (excluding diaryl/α,β-unsaturated/α-hetero) is 1. The Morgan fingerprint density at radius 3 is 2.62 bits per heavy atom. The number of likely N-dealkylation sites (tertiary alicyclic amines) is 1. The van der Waals surface area contributed by atoms with Crippen LogP contribution in [0, 0.1) is 0 Å². The third-order valence-electron chi connectivity index (χ3n) is 3.20. The maximum absolute atomic E-state index is 12.1. The summed E-state index contributed by atoms with van der Waals surface area (Å²) in [6.07, 6.45) is 3.64. The van der Waals surface area contributed by atoms with Crippen LogP contribution in [0.1, 0.15) is 39.5 Å². The van der Waals surface area contributed by atoms with Crippen molar-refractivity contribution in [2.75, 3.05) is 20.1 Å². The minimum absolute atomic E-state index is 0.0634. The molecule has 1 heterocycles. The Morgan fingerprint density at radius 2 is 2.06 bits per heavy atom. The zero-order valence-corrected chi connectivity index (χ0v) is 10.5. The van der Waals surface area contributed by atoms with Gasteiger partial charge in [0, 0.05) is 32.6 Å². The molecule has 2 amide bonds. The largest absolute Gasteiger partial charge is 0.328 e. The molecule has 1 fully saturated rings. The summed E-state index contributed by atoms with van der Waals surface area (Å²) in [5, 5.41) is 0. The molecule has 0 spiro atoms. The first-order valence-electron chi connectivity index (χ1n) is 6.07. The van der Waals surface area contributed by atoms with Crippen molar-refractivity contribution in [1.29, 1.82) is 0 Å². The van der Waals surface area contributed by atoms with Gasteiger partial charge in [-0.3, -0.25) is 4.79 Å². The number of carbonyl (C=O) groups excluding carboxylic acids is 2. The summed E-state index contributed by atoms with van der Waals surface area (Å²) in [4.78, 5) is 26.8. The smallest absolute Gasteiger partial charge is 0.319 e. The number of hydrogen-bond donors (Lipinski definition) is 0. The molecule has 0 aliphatic carbocycles. The van der Waals surface area contributed by atoms with Crippen LogP contribution >= 0.6 is 0 Å². The standard InChI is InChI=1S/C12H22N2O2/c1-4-13(3)12(16)14-8-6-5-7-11(14)9-10(2)15/h11H,4-9H2,1-3H3. The highest BCUT2D eigenvalue weighted by atomic mass is 16.2. The average Bonchev–Trinajstić information content (AvgIpc) is 2.27. The molecule has 92 valence electrons. The molecule has 4 nitrogen and oxygen atoms in total. The lowest BCUT2D eigenvalue weighted by Crippen LogP contribution is -2.49. The predicted molar refractivity (Wildman–Crippen MR) is 63.3 cm³/mol. The molecule has 1 aliphatic rings. The molecule has 0 radical (unpaired) electrons. The Balaban J connectivity index is 2.65. The molecule has 0 aromatic carbocycles. The zero-order chi connectivity index (χ0) is 12.1. The second kappa shape index (κ2) is 5.87. The first-order chi connectivity index (χ1) is 7.56. The molecule has 0 bridgehead atoms. The van der Waals surface area contributed by atoms with Crippen molar-refractivity contribution in [2.24, 2.45) is 0 Å². The lowest BCUT2D eigenvalue weighted by atomic mass is 9.98. The van der Waals surface area contributed by atoms with E-state index in [-0.39, 0.29) is 17.9 Å². The third kappa shape index (κ3) is 3.22. The van der Waals surface area contributed by atoms with E-state index in [0.29, 0.717) is 13.0 Å². The normalized spacial score (nSPS) is 20.7. The van der Waals surface area contributed by atoms with Gasteiger partial charge in [0.2, 0.25) is 0 Å². The van der Waals surface area contributed by atoms with Gasteiger partial charge in [-0.2, -0.15) is 0 Å². The van der Waals surface area contributed by atoms with Crippen LogP contribution < -0.4 is 0 Å². The molecule has 0 aromatic rings. The van der Waals surface area contributed by atoms with Gasteiger partial charge in [-0.25, -0.2) is 4.79 Å². The Bertz CT molecular complexity index is 266. The molecular weight excluding hydrogens is 204 g/mol. The summed E-state index contributed by atoms with van der Waals surface area (Å²) >= 11 is 0. The van der Waals surface area contributed by atoms with E-state index in [2.05, 4.69) is 0 Å². The van der Waals surface area contributed by atoms with Crippen LogP contribution in [0.5, 0.6) is 0 Å². The minimum Gasteiger partial charge on any atom is -0.328 e. The summed E-state index contributed by atoms with van der Waals surface area (Å²) in [6.45, 7) is 5.06. The van der Waals surface area contributed by atoms with E-state index in [4.69, 9.17) is 0 Å². The monoisotopic (exact) mass is 226 g/mol. The Kier molecular flexibility index (Phi) is 4.77. The summed E-state index contributed by atoms with van der Waals surface area (Å²) in [7, 11) is 1.81. The summed E-state index contributed by atoms with van der Waals surface area (Å²) in [6, 6.07) is 0.182. The van der Waals surface area contributed by atoms with E-state index in [1.54, 1.807) is 11.8 Å². The van der Waals surface area contributed by atoms with Crippen LogP contribution in [0.15, 0.2) is 0 Å². The van der Waals surface area contributed by atoms with Gasteiger partial charge in [-0.05, 0) is 33.1 Å². The topological polar surface area (TPSA) is 40.6 Å². The van der Waals surface area contributed by atoms with Crippen molar-refractivity contribution in [2.45, 2.75) is 45.6 Å². The van der Waals surface area contributed by atoms with Gasteiger partial charge >= 0.3 is 6.03 Å². The Morgan fingerprint density at radius 1 is 1.38 bits per heavy atom.